The Hall–Kier alpha value is -6.31. The molecule has 0 unspecified atom stereocenters. The molecular weight excluding hydrogens is 550 g/mol. The first-order chi connectivity index (χ1) is 22.2. The molecule has 0 bridgehead atoms. The second kappa shape index (κ2) is 11.1. The van der Waals surface area contributed by atoms with Gasteiger partial charge in [0.2, 0.25) is 0 Å². The second-order valence-corrected chi connectivity index (χ2v) is 10.9. The van der Waals surface area contributed by atoms with Crippen LogP contribution >= 0.6 is 0 Å². The molecule has 0 N–H and O–H groups in total. The van der Waals surface area contributed by atoms with E-state index in [0.29, 0.717) is 5.56 Å². The van der Waals surface area contributed by atoms with Crippen LogP contribution in [-0.4, -0.2) is 9.97 Å². The number of rotatable bonds is 5. The number of hydrogen-bond acceptors (Lipinski definition) is 4. The van der Waals surface area contributed by atoms with Crippen LogP contribution in [0.15, 0.2) is 156 Å². The van der Waals surface area contributed by atoms with Gasteiger partial charge < -0.3 is 4.42 Å². The Morgan fingerprint density at radius 2 is 0.844 bits per heavy atom. The number of hydrogen-bond donors (Lipinski definition) is 0. The van der Waals surface area contributed by atoms with Gasteiger partial charge >= 0.3 is 0 Å². The molecule has 0 atom stereocenters. The van der Waals surface area contributed by atoms with E-state index in [-0.39, 0.29) is 0 Å². The molecule has 45 heavy (non-hydrogen) atoms. The Bertz CT molecular complexity index is 2350. The predicted octanol–water partition coefficient (Wildman–Crippen LogP) is 10.6. The summed E-state index contributed by atoms with van der Waals surface area (Å²) < 4.78 is 6.14. The molecule has 0 saturated carbocycles. The fourth-order valence-corrected chi connectivity index (χ4v) is 5.86. The van der Waals surface area contributed by atoms with E-state index in [1.54, 1.807) is 0 Å². The molecule has 210 valence electrons. The first-order valence-electron chi connectivity index (χ1n) is 14.8. The van der Waals surface area contributed by atoms with Gasteiger partial charge in [-0.1, -0.05) is 115 Å². The Kier molecular flexibility index (Phi) is 6.48. The average molecular weight is 576 g/mol. The van der Waals surface area contributed by atoms with Crippen LogP contribution in [-0.2, 0) is 0 Å². The van der Waals surface area contributed by atoms with E-state index in [1.165, 1.54) is 0 Å². The Morgan fingerprint density at radius 1 is 0.400 bits per heavy atom. The third-order valence-electron chi connectivity index (χ3n) is 8.15. The largest absolute Gasteiger partial charge is 0.456 e. The van der Waals surface area contributed by atoms with Crippen molar-refractivity contribution in [2.75, 3.05) is 0 Å². The van der Waals surface area contributed by atoms with Crippen LogP contribution in [0, 0.1) is 11.3 Å². The van der Waals surface area contributed by atoms with Gasteiger partial charge in [0.05, 0.1) is 34.4 Å². The quantitative estimate of drug-likeness (QED) is 0.205. The van der Waals surface area contributed by atoms with E-state index in [1.807, 2.05) is 84.9 Å². The van der Waals surface area contributed by atoms with Gasteiger partial charge in [-0.15, -0.1) is 0 Å². The lowest BCUT2D eigenvalue weighted by molar-refractivity contribution is 0.669. The highest BCUT2D eigenvalue weighted by Gasteiger charge is 2.20. The summed E-state index contributed by atoms with van der Waals surface area (Å²) in [5.74, 6) is 0. The lowest BCUT2D eigenvalue weighted by atomic mass is 9.97. The Balaban J connectivity index is 1.36. The van der Waals surface area contributed by atoms with Crippen LogP contribution < -0.4 is 0 Å². The zero-order chi connectivity index (χ0) is 30.2. The van der Waals surface area contributed by atoms with E-state index in [0.717, 1.165) is 78.1 Å². The monoisotopic (exact) mass is 575 g/mol. The Morgan fingerprint density at radius 3 is 1.44 bits per heavy atom. The summed E-state index contributed by atoms with van der Waals surface area (Å²) in [6, 6.07) is 53.1. The molecule has 0 amide bonds. The molecular formula is C41H25N3O. The molecule has 0 aliphatic carbocycles. The van der Waals surface area contributed by atoms with Crippen molar-refractivity contribution >= 4 is 21.9 Å². The number of benzene rings is 6. The molecule has 4 nitrogen and oxygen atoms in total. The van der Waals surface area contributed by atoms with Crippen molar-refractivity contribution in [1.82, 2.24) is 9.97 Å². The zero-order valence-electron chi connectivity index (χ0n) is 24.2. The summed E-state index contributed by atoms with van der Waals surface area (Å²) in [4.78, 5) is 10.8. The van der Waals surface area contributed by atoms with E-state index >= 15 is 0 Å². The summed E-state index contributed by atoms with van der Waals surface area (Å²) in [7, 11) is 0. The van der Waals surface area contributed by atoms with Crippen LogP contribution in [0.25, 0.3) is 78.1 Å². The highest BCUT2D eigenvalue weighted by atomic mass is 16.3. The number of aromatic nitrogens is 2. The molecule has 6 aromatic carbocycles. The van der Waals surface area contributed by atoms with Gasteiger partial charge in [-0.3, -0.25) is 0 Å². The third kappa shape index (κ3) is 4.83. The molecule has 0 radical (unpaired) electrons. The molecule has 0 aliphatic rings. The third-order valence-corrected chi connectivity index (χ3v) is 8.15. The van der Waals surface area contributed by atoms with Gasteiger partial charge in [-0.2, -0.15) is 5.26 Å². The van der Waals surface area contributed by atoms with E-state index in [9.17, 15) is 5.26 Å². The maximum Gasteiger partial charge on any atom is 0.135 e. The van der Waals surface area contributed by atoms with Crippen molar-refractivity contribution < 1.29 is 4.42 Å². The van der Waals surface area contributed by atoms with Gasteiger partial charge in [0, 0.05) is 33.0 Å². The molecule has 8 aromatic rings. The zero-order valence-corrected chi connectivity index (χ0v) is 24.2. The van der Waals surface area contributed by atoms with Crippen LogP contribution in [0.3, 0.4) is 0 Å². The molecule has 0 saturated heterocycles. The van der Waals surface area contributed by atoms with E-state index in [2.05, 4.69) is 72.8 Å². The average Bonchev–Trinajstić information content (AvgIpc) is 3.50. The number of nitriles is 1. The SMILES string of the molecule is N#Cc1ccc(-c2ccc(-c3nc(-c4ccccc4)c(-c4ccccc4)nc3-c3ccc4oc5ccccc5c4c3)cc2)cc1. The minimum absolute atomic E-state index is 0.643. The minimum Gasteiger partial charge on any atom is -0.456 e. The fourth-order valence-electron chi connectivity index (χ4n) is 5.86. The second-order valence-electron chi connectivity index (χ2n) is 10.9. The topological polar surface area (TPSA) is 62.7 Å². The van der Waals surface area contributed by atoms with Crippen molar-refractivity contribution in [2.45, 2.75) is 0 Å². The number of furan rings is 1. The summed E-state index contributed by atoms with van der Waals surface area (Å²) in [6.07, 6.45) is 0. The van der Waals surface area contributed by atoms with Crippen molar-refractivity contribution in [1.29, 1.82) is 5.26 Å². The summed E-state index contributed by atoms with van der Waals surface area (Å²) >= 11 is 0. The summed E-state index contributed by atoms with van der Waals surface area (Å²) in [5, 5.41) is 11.3. The van der Waals surface area contributed by atoms with Crippen LogP contribution in [0.5, 0.6) is 0 Å². The highest BCUT2D eigenvalue weighted by molar-refractivity contribution is 6.06. The number of nitrogens with zero attached hydrogens (tertiary/aromatic N) is 3. The lowest BCUT2D eigenvalue weighted by Crippen LogP contribution is -2.01. The molecule has 0 spiro atoms. The van der Waals surface area contributed by atoms with Gasteiger partial charge in [-0.05, 0) is 47.5 Å². The highest BCUT2D eigenvalue weighted by Crippen LogP contribution is 2.39. The lowest BCUT2D eigenvalue weighted by Gasteiger charge is -2.16. The van der Waals surface area contributed by atoms with E-state index in [4.69, 9.17) is 14.4 Å². The maximum absolute atomic E-state index is 9.21. The Labute approximate surface area is 260 Å². The number of fused-ring (bicyclic) bond motifs is 3. The molecule has 2 heterocycles. The van der Waals surface area contributed by atoms with Gasteiger partial charge in [0.15, 0.2) is 0 Å². The fraction of sp³-hybridized carbons (Fsp3) is 0. The van der Waals surface area contributed by atoms with Gasteiger partial charge in [0.1, 0.15) is 11.2 Å². The van der Waals surface area contributed by atoms with Crippen LogP contribution in [0.2, 0.25) is 0 Å². The smallest absolute Gasteiger partial charge is 0.135 e. The molecule has 0 aliphatic heterocycles. The van der Waals surface area contributed by atoms with Crippen molar-refractivity contribution in [3.8, 4) is 62.2 Å². The molecule has 2 aromatic heterocycles. The molecule has 4 heteroatoms. The first-order valence-corrected chi connectivity index (χ1v) is 14.8. The maximum atomic E-state index is 9.21. The standard InChI is InChI=1S/C41H25N3O/c42-26-27-15-17-28(18-16-27)29-19-21-32(22-20-29)40-41(33-23-24-37-35(25-33)34-13-7-8-14-36(34)45-37)44-39(31-11-5-2-6-12-31)38(43-40)30-9-3-1-4-10-30/h1-25H. The van der Waals surface area contributed by atoms with Crippen LogP contribution in [0.4, 0.5) is 0 Å². The van der Waals surface area contributed by atoms with Gasteiger partial charge in [0.25, 0.3) is 0 Å². The molecule has 0 fully saturated rings. The van der Waals surface area contributed by atoms with Crippen LogP contribution in [0.1, 0.15) is 5.56 Å². The number of para-hydroxylation sites is 1. The van der Waals surface area contributed by atoms with Crippen molar-refractivity contribution in [3.05, 3.63) is 157 Å². The van der Waals surface area contributed by atoms with E-state index < -0.39 is 0 Å². The first kappa shape index (κ1) is 26.3. The van der Waals surface area contributed by atoms with Gasteiger partial charge in [-0.25, -0.2) is 9.97 Å². The van der Waals surface area contributed by atoms with Crippen molar-refractivity contribution in [3.63, 3.8) is 0 Å². The predicted molar refractivity (Wildman–Crippen MR) is 181 cm³/mol. The molecule has 8 rings (SSSR count). The normalized spacial score (nSPS) is 11.1. The van der Waals surface area contributed by atoms with Crippen molar-refractivity contribution in [2.24, 2.45) is 0 Å². The minimum atomic E-state index is 0.643. The summed E-state index contributed by atoms with van der Waals surface area (Å²) in [5.41, 5.74) is 11.6. The summed E-state index contributed by atoms with van der Waals surface area (Å²) in [6.45, 7) is 0.